The summed E-state index contributed by atoms with van der Waals surface area (Å²) in [6, 6.07) is 7.43. The van der Waals surface area contributed by atoms with Gasteiger partial charge in [0.2, 0.25) is 0 Å². The van der Waals surface area contributed by atoms with Gasteiger partial charge >= 0.3 is 5.97 Å². The molecule has 19 heavy (non-hydrogen) atoms. The van der Waals surface area contributed by atoms with E-state index in [1.165, 1.54) is 0 Å². The standard InChI is InChI=1S/C14H19NO4/c1-14(2)18-9-12(19-14)15(3)11-6-4-10(5-7-11)8-13(16)17/h4-7,12H,8-9H2,1-3H3,(H,16,17)/t12-/m0/s1. The van der Waals surface area contributed by atoms with Crippen LogP contribution < -0.4 is 4.90 Å². The molecule has 1 heterocycles. The molecule has 1 N–H and O–H groups in total. The summed E-state index contributed by atoms with van der Waals surface area (Å²) < 4.78 is 11.3. The van der Waals surface area contributed by atoms with Gasteiger partial charge in [0.15, 0.2) is 12.0 Å². The van der Waals surface area contributed by atoms with E-state index in [2.05, 4.69) is 0 Å². The Labute approximate surface area is 112 Å². The van der Waals surface area contributed by atoms with E-state index >= 15 is 0 Å². The first kappa shape index (κ1) is 13.8. The largest absolute Gasteiger partial charge is 0.481 e. The van der Waals surface area contributed by atoms with Crippen molar-refractivity contribution in [1.82, 2.24) is 0 Å². The highest BCUT2D eigenvalue weighted by atomic mass is 16.8. The molecule has 0 aliphatic carbocycles. The number of hydrogen-bond acceptors (Lipinski definition) is 4. The van der Waals surface area contributed by atoms with Crippen LogP contribution in [0.2, 0.25) is 0 Å². The third kappa shape index (κ3) is 3.45. The maximum Gasteiger partial charge on any atom is 0.307 e. The minimum atomic E-state index is -0.824. The first-order valence-electron chi connectivity index (χ1n) is 6.23. The van der Waals surface area contributed by atoms with Crippen molar-refractivity contribution in [3.63, 3.8) is 0 Å². The fourth-order valence-electron chi connectivity index (χ4n) is 2.05. The van der Waals surface area contributed by atoms with Crippen LogP contribution in [0.5, 0.6) is 0 Å². The summed E-state index contributed by atoms with van der Waals surface area (Å²) in [6.45, 7) is 4.29. The molecule has 1 fully saturated rings. The van der Waals surface area contributed by atoms with Crippen molar-refractivity contribution < 1.29 is 19.4 Å². The van der Waals surface area contributed by atoms with Crippen LogP contribution >= 0.6 is 0 Å². The van der Waals surface area contributed by atoms with Crippen molar-refractivity contribution in [2.24, 2.45) is 0 Å². The predicted molar refractivity (Wildman–Crippen MR) is 71.1 cm³/mol. The van der Waals surface area contributed by atoms with Crippen molar-refractivity contribution in [1.29, 1.82) is 0 Å². The Kier molecular flexibility index (Phi) is 3.78. The molecule has 0 spiro atoms. The molecule has 0 amide bonds. The van der Waals surface area contributed by atoms with Gasteiger partial charge in [0.1, 0.15) is 0 Å². The molecule has 2 rings (SSSR count). The summed E-state index contributed by atoms with van der Waals surface area (Å²) in [5, 5.41) is 8.73. The van der Waals surface area contributed by atoms with Crippen LogP contribution in [0, 0.1) is 0 Å². The molecule has 104 valence electrons. The van der Waals surface area contributed by atoms with Gasteiger partial charge in [-0.3, -0.25) is 4.79 Å². The molecule has 0 aromatic heterocycles. The third-order valence-corrected chi connectivity index (χ3v) is 3.12. The molecule has 1 saturated heterocycles. The molecule has 1 aromatic rings. The zero-order valence-electron chi connectivity index (χ0n) is 11.4. The van der Waals surface area contributed by atoms with E-state index in [4.69, 9.17) is 14.6 Å². The smallest absolute Gasteiger partial charge is 0.307 e. The summed E-state index contributed by atoms with van der Waals surface area (Å²) in [7, 11) is 1.93. The highest BCUT2D eigenvalue weighted by Gasteiger charge is 2.35. The molecule has 5 nitrogen and oxygen atoms in total. The van der Waals surface area contributed by atoms with E-state index in [9.17, 15) is 4.79 Å². The quantitative estimate of drug-likeness (QED) is 0.900. The monoisotopic (exact) mass is 265 g/mol. The fourth-order valence-corrected chi connectivity index (χ4v) is 2.05. The van der Waals surface area contributed by atoms with Crippen LogP contribution in [0.3, 0.4) is 0 Å². The van der Waals surface area contributed by atoms with Crippen LogP contribution in [-0.4, -0.2) is 36.7 Å². The molecular weight excluding hydrogens is 246 g/mol. The fraction of sp³-hybridized carbons (Fsp3) is 0.500. The number of hydrogen-bond donors (Lipinski definition) is 1. The van der Waals surface area contributed by atoms with Gasteiger partial charge in [-0.15, -0.1) is 0 Å². The molecule has 1 aliphatic rings. The molecule has 0 saturated carbocycles. The van der Waals surface area contributed by atoms with Crippen molar-refractivity contribution in [3.05, 3.63) is 29.8 Å². The van der Waals surface area contributed by atoms with E-state index < -0.39 is 11.8 Å². The number of aliphatic carboxylic acids is 1. The Morgan fingerprint density at radius 1 is 1.42 bits per heavy atom. The molecular formula is C14H19NO4. The second-order valence-electron chi connectivity index (χ2n) is 5.13. The van der Waals surface area contributed by atoms with Gasteiger partial charge in [-0.1, -0.05) is 12.1 Å². The van der Waals surface area contributed by atoms with E-state index in [0.717, 1.165) is 11.3 Å². The first-order chi connectivity index (χ1) is 8.87. The zero-order chi connectivity index (χ0) is 14.0. The van der Waals surface area contributed by atoms with Gasteiger partial charge in [-0.2, -0.15) is 0 Å². The average molecular weight is 265 g/mol. The second kappa shape index (κ2) is 5.19. The average Bonchev–Trinajstić information content (AvgIpc) is 2.69. The maximum atomic E-state index is 10.6. The van der Waals surface area contributed by atoms with E-state index in [1.54, 1.807) is 0 Å². The molecule has 1 aromatic carbocycles. The van der Waals surface area contributed by atoms with Crippen molar-refractivity contribution in [2.75, 3.05) is 18.6 Å². The number of nitrogens with zero attached hydrogens (tertiary/aromatic N) is 1. The highest BCUT2D eigenvalue weighted by molar-refractivity contribution is 5.70. The summed E-state index contributed by atoms with van der Waals surface area (Å²) in [5.41, 5.74) is 1.76. The minimum Gasteiger partial charge on any atom is -0.481 e. The van der Waals surface area contributed by atoms with Crippen LogP contribution in [0.25, 0.3) is 0 Å². The SMILES string of the molecule is CN(c1ccc(CC(=O)O)cc1)[C@@H]1COC(C)(C)O1. The number of carbonyl (C=O) groups is 1. The Balaban J connectivity index is 2.03. The topological polar surface area (TPSA) is 59.0 Å². The van der Waals surface area contributed by atoms with Gasteiger partial charge in [0, 0.05) is 12.7 Å². The van der Waals surface area contributed by atoms with Crippen molar-refractivity contribution >= 4 is 11.7 Å². The number of carboxylic acids is 1. The van der Waals surface area contributed by atoms with Gasteiger partial charge in [-0.25, -0.2) is 0 Å². The maximum absolute atomic E-state index is 10.6. The van der Waals surface area contributed by atoms with Crippen LogP contribution in [0.15, 0.2) is 24.3 Å². The lowest BCUT2D eigenvalue weighted by atomic mass is 10.1. The van der Waals surface area contributed by atoms with Gasteiger partial charge in [-0.05, 0) is 31.5 Å². The van der Waals surface area contributed by atoms with Crippen molar-refractivity contribution in [3.8, 4) is 0 Å². The van der Waals surface area contributed by atoms with Gasteiger partial charge < -0.3 is 19.5 Å². The minimum absolute atomic E-state index is 0.0417. The van der Waals surface area contributed by atoms with E-state index in [1.807, 2.05) is 50.1 Å². The van der Waals surface area contributed by atoms with E-state index in [-0.39, 0.29) is 12.6 Å². The summed E-state index contributed by atoms with van der Waals surface area (Å²) in [4.78, 5) is 12.6. The van der Waals surface area contributed by atoms with Crippen LogP contribution in [0.4, 0.5) is 5.69 Å². The first-order valence-corrected chi connectivity index (χ1v) is 6.23. The van der Waals surface area contributed by atoms with E-state index in [0.29, 0.717) is 6.61 Å². The number of ether oxygens (including phenoxy) is 2. The van der Waals surface area contributed by atoms with Gasteiger partial charge in [0.05, 0.1) is 13.0 Å². The molecule has 0 radical (unpaired) electrons. The summed E-state index contributed by atoms with van der Waals surface area (Å²) >= 11 is 0. The third-order valence-electron chi connectivity index (χ3n) is 3.12. The normalized spacial score (nSPS) is 21.3. The molecule has 0 unspecified atom stereocenters. The van der Waals surface area contributed by atoms with Crippen LogP contribution in [0.1, 0.15) is 19.4 Å². The number of anilines is 1. The number of rotatable bonds is 4. The Morgan fingerprint density at radius 3 is 2.53 bits per heavy atom. The number of benzene rings is 1. The molecule has 1 atom stereocenters. The Hall–Kier alpha value is -1.59. The summed E-state index contributed by atoms with van der Waals surface area (Å²) in [6.07, 6.45) is -0.0830. The summed E-state index contributed by atoms with van der Waals surface area (Å²) in [5.74, 6) is -1.38. The molecule has 1 aliphatic heterocycles. The van der Waals surface area contributed by atoms with Crippen molar-refractivity contribution in [2.45, 2.75) is 32.3 Å². The highest BCUT2D eigenvalue weighted by Crippen LogP contribution is 2.27. The Bertz CT molecular complexity index is 455. The lowest BCUT2D eigenvalue weighted by Gasteiger charge is -2.26. The van der Waals surface area contributed by atoms with Crippen LogP contribution in [-0.2, 0) is 20.7 Å². The Morgan fingerprint density at radius 2 is 2.05 bits per heavy atom. The molecule has 5 heteroatoms. The van der Waals surface area contributed by atoms with Gasteiger partial charge in [0.25, 0.3) is 0 Å². The second-order valence-corrected chi connectivity index (χ2v) is 5.13. The lowest BCUT2D eigenvalue weighted by molar-refractivity contribution is -0.138. The number of carboxylic acid groups (broad SMARTS) is 1. The zero-order valence-corrected chi connectivity index (χ0v) is 11.4. The lowest BCUT2D eigenvalue weighted by Crippen LogP contribution is -2.35. The number of likely N-dealkylation sites (N-methyl/N-ethyl adjacent to an activating group) is 1. The predicted octanol–water partition coefficient (Wildman–Crippen LogP) is 1.86. The molecule has 0 bridgehead atoms.